The van der Waals surface area contributed by atoms with Crippen LogP contribution in [0.25, 0.3) is 0 Å². The Labute approximate surface area is 69.1 Å². The van der Waals surface area contributed by atoms with E-state index >= 15 is 0 Å². The standard InChI is InChI=1S/C6H10N4O2/c11-3-5-2-10(9-8-5)6-1-7-12-4-6/h2,6-7,11H,1,3-4H2. The summed E-state index contributed by atoms with van der Waals surface area (Å²) in [4.78, 5) is 4.95. The van der Waals surface area contributed by atoms with E-state index in [2.05, 4.69) is 15.8 Å². The highest BCUT2D eigenvalue weighted by Gasteiger charge is 2.18. The van der Waals surface area contributed by atoms with E-state index < -0.39 is 0 Å². The lowest BCUT2D eigenvalue weighted by molar-refractivity contribution is 0.0968. The fraction of sp³-hybridized carbons (Fsp3) is 0.667. The molecule has 2 rings (SSSR count). The summed E-state index contributed by atoms with van der Waals surface area (Å²) in [6.45, 7) is 1.25. The predicted molar refractivity (Wildman–Crippen MR) is 38.9 cm³/mol. The van der Waals surface area contributed by atoms with Crippen molar-refractivity contribution in [2.45, 2.75) is 12.6 Å². The van der Waals surface area contributed by atoms with Crippen LogP contribution in [0, 0.1) is 0 Å². The Morgan fingerprint density at radius 1 is 1.83 bits per heavy atom. The van der Waals surface area contributed by atoms with Gasteiger partial charge in [-0.25, -0.2) is 10.2 Å². The lowest BCUT2D eigenvalue weighted by atomic mass is 10.3. The van der Waals surface area contributed by atoms with Gasteiger partial charge in [0, 0.05) is 6.54 Å². The second-order valence-corrected chi connectivity index (χ2v) is 2.66. The molecule has 0 aliphatic carbocycles. The lowest BCUT2D eigenvalue weighted by Crippen LogP contribution is -2.14. The van der Waals surface area contributed by atoms with Crippen LogP contribution in [0.1, 0.15) is 11.7 Å². The van der Waals surface area contributed by atoms with Crippen LogP contribution in [-0.4, -0.2) is 33.3 Å². The molecule has 0 spiro atoms. The molecule has 6 heteroatoms. The molecule has 0 aromatic carbocycles. The summed E-state index contributed by atoms with van der Waals surface area (Å²) in [5.41, 5.74) is 3.33. The van der Waals surface area contributed by atoms with E-state index in [1.807, 2.05) is 0 Å². The first kappa shape index (κ1) is 7.66. The van der Waals surface area contributed by atoms with Gasteiger partial charge in [-0.2, -0.15) is 0 Å². The van der Waals surface area contributed by atoms with Crippen molar-refractivity contribution in [3.8, 4) is 0 Å². The number of aliphatic hydroxyl groups is 1. The Bertz CT molecular complexity index is 256. The summed E-state index contributed by atoms with van der Waals surface area (Å²) < 4.78 is 1.70. The second kappa shape index (κ2) is 3.18. The summed E-state index contributed by atoms with van der Waals surface area (Å²) in [6.07, 6.45) is 1.72. The van der Waals surface area contributed by atoms with E-state index in [0.717, 1.165) is 6.54 Å². The summed E-state index contributed by atoms with van der Waals surface area (Å²) in [6, 6.07) is 0.192. The highest BCUT2D eigenvalue weighted by Crippen LogP contribution is 2.08. The average molecular weight is 170 g/mol. The molecule has 1 aromatic rings. The minimum atomic E-state index is -0.0684. The first-order valence-corrected chi connectivity index (χ1v) is 3.76. The highest BCUT2D eigenvalue weighted by molar-refractivity contribution is 4.91. The number of nitrogens with one attached hydrogen (secondary N) is 1. The SMILES string of the molecule is OCc1cn(C2CNOC2)nn1. The number of aromatic nitrogens is 3. The number of hydrogen-bond donors (Lipinski definition) is 2. The highest BCUT2D eigenvalue weighted by atomic mass is 16.7. The summed E-state index contributed by atoms with van der Waals surface area (Å²) >= 11 is 0. The van der Waals surface area contributed by atoms with Crippen molar-refractivity contribution in [3.05, 3.63) is 11.9 Å². The molecule has 1 saturated heterocycles. The summed E-state index contributed by atoms with van der Waals surface area (Å²) in [5, 5.41) is 16.3. The topological polar surface area (TPSA) is 72.2 Å². The molecule has 1 aliphatic heterocycles. The maximum absolute atomic E-state index is 8.73. The molecular weight excluding hydrogens is 160 g/mol. The Kier molecular flexibility index (Phi) is 2.03. The molecule has 12 heavy (non-hydrogen) atoms. The summed E-state index contributed by atoms with van der Waals surface area (Å²) in [7, 11) is 0. The predicted octanol–water partition coefficient (Wildman–Crippen LogP) is -1.15. The van der Waals surface area contributed by atoms with E-state index in [1.165, 1.54) is 0 Å². The normalized spacial score (nSPS) is 23.2. The van der Waals surface area contributed by atoms with Crippen LogP contribution in [-0.2, 0) is 11.4 Å². The average Bonchev–Trinajstić information content (AvgIpc) is 2.75. The van der Waals surface area contributed by atoms with Gasteiger partial charge >= 0.3 is 0 Å². The van der Waals surface area contributed by atoms with Crippen molar-refractivity contribution in [1.82, 2.24) is 20.5 Å². The van der Waals surface area contributed by atoms with Gasteiger partial charge in [0.25, 0.3) is 0 Å². The Morgan fingerprint density at radius 3 is 3.33 bits per heavy atom. The van der Waals surface area contributed by atoms with Crippen molar-refractivity contribution in [3.63, 3.8) is 0 Å². The van der Waals surface area contributed by atoms with Gasteiger partial charge < -0.3 is 5.11 Å². The maximum Gasteiger partial charge on any atom is 0.108 e. The number of hydroxylamine groups is 1. The molecule has 0 radical (unpaired) electrons. The third-order valence-corrected chi connectivity index (χ3v) is 1.79. The molecule has 2 N–H and O–H groups in total. The van der Waals surface area contributed by atoms with Crippen LogP contribution in [0.4, 0.5) is 0 Å². The third-order valence-electron chi connectivity index (χ3n) is 1.79. The minimum Gasteiger partial charge on any atom is -0.390 e. The van der Waals surface area contributed by atoms with Crippen LogP contribution in [0.15, 0.2) is 6.20 Å². The van der Waals surface area contributed by atoms with Crippen molar-refractivity contribution >= 4 is 0 Å². The molecule has 2 heterocycles. The molecule has 6 nitrogen and oxygen atoms in total. The Hall–Kier alpha value is -0.980. The van der Waals surface area contributed by atoms with Gasteiger partial charge in [0.05, 0.1) is 25.5 Å². The first-order valence-electron chi connectivity index (χ1n) is 3.76. The number of aliphatic hydroxyl groups excluding tert-OH is 1. The molecule has 1 unspecified atom stereocenters. The monoisotopic (exact) mass is 170 g/mol. The molecule has 0 saturated carbocycles. The fourth-order valence-electron chi connectivity index (χ4n) is 1.10. The zero-order chi connectivity index (χ0) is 8.39. The molecule has 1 fully saturated rings. The Morgan fingerprint density at radius 2 is 2.75 bits per heavy atom. The van der Waals surface area contributed by atoms with E-state index in [9.17, 15) is 0 Å². The van der Waals surface area contributed by atoms with Gasteiger partial charge in [-0.3, -0.25) is 4.84 Å². The molecule has 66 valence electrons. The van der Waals surface area contributed by atoms with Crippen LogP contribution >= 0.6 is 0 Å². The smallest absolute Gasteiger partial charge is 0.108 e. The second-order valence-electron chi connectivity index (χ2n) is 2.66. The molecular formula is C6H10N4O2. The van der Waals surface area contributed by atoms with Gasteiger partial charge in [0.1, 0.15) is 5.69 Å². The molecule has 1 atom stereocenters. The number of nitrogens with zero attached hydrogens (tertiary/aromatic N) is 3. The van der Waals surface area contributed by atoms with Gasteiger partial charge in [-0.1, -0.05) is 5.21 Å². The zero-order valence-electron chi connectivity index (χ0n) is 6.47. The molecule has 0 amide bonds. The van der Waals surface area contributed by atoms with Crippen LogP contribution in [0.5, 0.6) is 0 Å². The largest absolute Gasteiger partial charge is 0.390 e. The van der Waals surface area contributed by atoms with Gasteiger partial charge in [-0.05, 0) is 0 Å². The minimum absolute atomic E-state index is 0.0684. The third kappa shape index (κ3) is 1.31. The quantitative estimate of drug-likeness (QED) is 0.586. The zero-order valence-corrected chi connectivity index (χ0v) is 6.47. The number of rotatable bonds is 2. The van der Waals surface area contributed by atoms with E-state index in [-0.39, 0.29) is 12.6 Å². The van der Waals surface area contributed by atoms with Crippen LogP contribution in [0.2, 0.25) is 0 Å². The van der Waals surface area contributed by atoms with Gasteiger partial charge in [-0.15, -0.1) is 5.10 Å². The van der Waals surface area contributed by atoms with E-state index in [1.54, 1.807) is 10.9 Å². The molecule has 1 aliphatic rings. The van der Waals surface area contributed by atoms with Crippen LogP contribution in [0.3, 0.4) is 0 Å². The van der Waals surface area contributed by atoms with Crippen molar-refractivity contribution in [1.29, 1.82) is 0 Å². The Balaban J connectivity index is 2.11. The van der Waals surface area contributed by atoms with Gasteiger partial charge in [0.15, 0.2) is 0 Å². The lowest BCUT2D eigenvalue weighted by Gasteiger charge is -2.03. The van der Waals surface area contributed by atoms with Crippen molar-refractivity contribution < 1.29 is 9.94 Å². The fourth-order valence-corrected chi connectivity index (χ4v) is 1.10. The van der Waals surface area contributed by atoms with Gasteiger partial charge in [0.2, 0.25) is 0 Å². The maximum atomic E-state index is 8.73. The number of hydrogen-bond acceptors (Lipinski definition) is 5. The van der Waals surface area contributed by atoms with Crippen molar-refractivity contribution in [2.24, 2.45) is 0 Å². The van der Waals surface area contributed by atoms with E-state index in [0.29, 0.717) is 12.3 Å². The van der Waals surface area contributed by atoms with Crippen molar-refractivity contribution in [2.75, 3.05) is 13.2 Å². The molecule has 1 aromatic heterocycles. The summed E-state index contributed by atoms with van der Waals surface area (Å²) in [5.74, 6) is 0. The first-order chi connectivity index (χ1) is 5.90. The molecule has 0 bridgehead atoms. The van der Waals surface area contributed by atoms with Crippen LogP contribution < -0.4 is 5.48 Å². The van der Waals surface area contributed by atoms with E-state index in [4.69, 9.17) is 9.94 Å².